The number of nitrogens with zero attached hydrogens (tertiary/aromatic N) is 1. The molecule has 122 valence electrons. The van der Waals surface area contributed by atoms with Crippen LogP contribution in [0.3, 0.4) is 0 Å². The van der Waals surface area contributed by atoms with Crippen molar-refractivity contribution in [1.82, 2.24) is 15.5 Å². The van der Waals surface area contributed by atoms with E-state index in [1.54, 1.807) is 11.3 Å². The first-order valence-corrected chi connectivity index (χ1v) is 8.94. The molecule has 1 aliphatic rings. The molecule has 4 nitrogen and oxygen atoms in total. The molecule has 1 aromatic carbocycles. The highest BCUT2D eigenvalue weighted by molar-refractivity contribution is 7.10. The first-order valence-electron chi connectivity index (χ1n) is 8.06. The van der Waals surface area contributed by atoms with Gasteiger partial charge >= 0.3 is 0 Å². The van der Waals surface area contributed by atoms with Crippen LogP contribution in [0.1, 0.15) is 23.4 Å². The minimum Gasteiger partial charge on any atom is -0.343 e. The van der Waals surface area contributed by atoms with Crippen molar-refractivity contribution in [3.05, 3.63) is 58.3 Å². The van der Waals surface area contributed by atoms with E-state index < -0.39 is 0 Å². The van der Waals surface area contributed by atoms with Crippen molar-refractivity contribution in [3.63, 3.8) is 0 Å². The van der Waals surface area contributed by atoms with E-state index in [1.807, 2.05) is 24.3 Å². The first-order chi connectivity index (χ1) is 11.2. The van der Waals surface area contributed by atoms with Crippen LogP contribution >= 0.6 is 11.3 Å². The van der Waals surface area contributed by atoms with Gasteiger partial charge in [0.2, 0.25) is 5.91 Å². The van der Waals surface area contributed by atoms with E-state index in [1.165, 1.54) is 0 Å². The summed E-state index contributed by atoms with van der Waals surface area (Å²) in [5.41, 5.74) is 1.12. The number of hydrogen-bond acceptors (Lipinski definition) is 4. The van der Waals surface area contributed by atoms with Crippen molar-refractivity contribution in [3.8, 4) is 0 Å². The zero-order chi connectivity index (χ0) is 16.1. The number of hydrogen-bond donors (Lipinski definition) is 2. The smallest absolute Gasteiger partial charge is 0.234 e. The highest BCUT2D eigenvalue weighted by Gasteiger charge is 2.23. The fourth-order valence-electron chi connectivity index (χ4n) is 2.93. The Morgan fingerprint density at radius 3 is 2.87 bits per heavy atom. The van der Waals surface area contributed by atoms with Crippen molar-refractivity contribution in [2.75, 3.05) is 26.2 Å². The number of nitrogens with one attached hydrogen (secondary N) is 2. The second-order valence-corrected chi connectivity index (χ2v) is 6.93. The predicted molar refractivity (Wildman–Crippen MR) is 94.7 cm³/mol. The number of carbonyl (C=O) groups is 1. The molecule has 3 rings (SSSR count). The second-order valence-electron chi connectivity index (χ2n) is 5.95. The van der Waals surface area contributed by atoms with Gasteiger partial charge in [0.15, 0.2) is 0 Å². The van der Waals surface area contributed by atoms with Crippen molar-refractivity contribution in [1.29, 1.82) is 0 Å². The van der Waals surface area contributed by atoms with Crippen LogP contribution < -0.4 is 10.6 Å². The summed E-state index contributed by atoms with van der Waals surface area (Å²) in [4.78, 5) is 16.0. The van der Waals surface area contributed by atoms with E-state index in [9.17, 15) is 4.79 Å². The zero-order valence-corrected chi connectivity index (χ0v) is 14.2. The van der Waals surface area contributed by atoms with Crippen LogP contribution in [0.15, 0.2) is 47.8 Å². The van der Waals surface area contributed by atoms with Gasteiger partial charge in [-0.05, 0) is 23.9 Å². The lowest BCUT2D eigenvalue weighted by atomic mass is 10.1. The summed E-state index contributed by atoms with van der Waals surface area (Å²) in [6.45, 7) is 5.43. The molecule has 5 heteroatoms. The topological polar surface area (TPSA) is 44.4 Å². The van der Waals surface area contributed by atoms with Gasteiger partial charge < -0.3 is 10.6 Å². The largest absolute Gasteiger partial charge is 0.343 e. The number of piperazine rings is 1. The Bertz CT molecular complexity index is 614. The average Bonchev–Trinajstić information content (AvgIpc) is 3.10. The van der Waals surface area contributed by atoms with E-state index in [-0.39, 0.29) is 11.9 Å². The molecule has 23 heavy (non-hydrogen) atoms. The monoisotopic (exact) mass is 329 g/mol. The van der Waals surface area contributed by atoms with Gasteiger partial charge in [-0.3, -0.25) is 9.69 Å². The summed E-state index contributed by atoms with van der Waals surface area (Å²) in [5.74, 6) is 0.0843. The maximum atomic E-state index is 12.6. The average molecular weight is 329 g/mol. The molecule has 0 aliphatic carbocycles. The quantitative estimate of drug-likeness (QED) is 0.884. The molecule has 1 aromatic heterocycles. The maximum absolute atomic E-state index is 12.6. The van der Waals surface area contributed by atoms with Gasteiger partial charge in [-0.1, -0.05) is 36.4 Å². The van der Waals surface area contributed by atoms with Gasteiger partial charge in [0.1, 0.15) is 0 Å². The molecule has 1 fully saturated rings. The SMILES string of the molecule is C[C@H]1CNCCN1CC(=O)NC(c1ccccc1)c1cccs1. The van der Waals surface area contributed by atoms with E-state index in [0.29, 0.717) is 12.6 Å². The highest BCUT2D eigenvalue weighted by atomic mass is 32.1. The lowest BCUT2D eigenvalue weighted by Crippen LogP contribution is -2.52. The normalized spacial score (nSPS) is 20.1. The Balaban J connectivity index is 1.70. The molecule has 2 aromatic rings. The maximum Gasteiger partial charge on any atom is 0.234 e. The van der Waals surface area contributed by atoms with Crippen LogP contribution in [0.4, 0.5) is 0 Å². The molecule has 0 spiro atoms. The van der Waals surface area contributed by atoms with Gasteiger partial charge in [0.05, 0.1) is 12.6 Å². The molecule has 2 heterocycles. The third kappa shape index (κ3) is 4.19. The lowest BCUT2D eigenvalue weighted by Gasteiger charge is -2.33. The number of rotatable bonds is 5. The zero-order valence-electron chi connectivity index (χ0n) is 13.4. The number of benzene rings is 1. The van der Waals surface area contributed by atoms with Crippen molar-refractivity contribution in [2.24, 2.45) is 0 Å². The molecule has 2 atom stereocenters. The summed E-state index contributed by atoms with van der Waals surface area (Å²) < 4.78 is 0. The Morgan fingerprint density at radius 2 is 2.17 bits per heavy atom. The molecule has 0 radical (unpaired) electrons. The van der Waals surface area contributed by atoms with Crippen LogP contribution in [0.5, 0.6) is 0 Å². The van der Waals surface area contributed by atoms with Crippen molar-refractivity contribution >= 4 is 17.2 Å². The summed E-state index contributed by atoms with van der Waals surface area (Å²) >= 11 is 1.68. The van der Waals surface area contributed by atoms with Crippen LogP contribution in [0.25, 0.3) is 0 Å². The highest BCUT2D eigenvalue weighted by Crippen LogP contribution is 2.25. The number of carbonyl (C=O) groups excluding carboxylic acids is 1. The van der Waals surface area contributed by atoms with Gasteiger partial charge in [-0.2, -0.15) is 0 Å². The first kappa shape index (κ1) is 16.2. The number of thiophene rings is 1. The standard InChI is InChI=1S/C18H23N3OS/c1-14-12-19-9-10-21(14)13-17(22)20-18(16-8-5-11-23-16)15-6-3-2-4-7-15/h2-8,11,14,18-19H,9-10,12-13H2,1H3,(H,20,22)/t14-,18?/m0/s1. The second kappa shape index (κ2) is 7.73. The van der Waals surface area contributed by atoms with Crippen LogP contribution in [0.2, 0.25) is 0 Å². The van der Waals surface area contributed by atoms with E-state index in [0.717, 1.165) is 30.1 Å². The molecule has 2 N–H and O–H groups in total. The molecular weight excluding hydrogens is 306 g/mol. The van der Waals surface area contributed by atoms with Gasteiger partial charge in [0.25, 0.3) is 0 Å². The molecule has 1 aliphatic heterocycles. The van der Waals surface area contributed by atoms with Gasteiger partial charge in [-0.25, -0.2) is 0 Å². The van der Waals surface area contributed by atoms with Crippen molar-refractivity contribution in [2.45, 2.75) is 19.0 Å². The molecular formula is C18H23N3OS. The number of amides is 1. The predicted octanol–water partition coefficient (Wildman–Crippen LogP) is 2.25. The van der Waals surface area contributed by atoms with E-state index in [4.69, 9.17) is 0 Å². The molecule has 1 amide bonds. The van der Waals surface area contributed by atoms with E-state index in [2.05, 4.69) is 46.0 Å². The van der Waals surface area contributed by atoms with Gasteiger partial charge in [0, 0.05) is 30.6 Å². The third-order valence-electron chi connectivity index (χ3n) is 4.25. The Morgan fingerprint density at radius 1 is 1.35 bits per heavy atom. The van der Waals surface area contributed by atoms with Gasteiger partial charge in [-0.15, -0.1) is 11.3 Å². The van der Waals surface area contributed by atoms with E-state index >= 15 is 0 Å². The molecule has 0 bridgehead atoms. The Labute approximate surface area is 141 Å². The minimum absolute atomic E-state index is 0.0677. The Kier molecular flexibility index (Phi) is 5.43. The van der Waals surface area contributed by atoms with Crippen molar-refractivity contribution < 1.29 is 4.79 Å². The Hall–Kier alpha value is -1.69. The summed E-state index contributed by atoms with van der Waals surface area (Å²) in [6, 6.07) is 14.6. The minimum atomic E-state index is -0.0677. The van der Waals surface area contributed by atoms with Crippen LogP contribution in [0, 0.1) is 0 Å². The summed E-state index contributed by atoms with van der Waals surface area (Å²) in [5, 5.41) is 8.62. The third-order valence-corrected chi connectivity index (χ3v) is 5.19. The fourth-order valence-corrected chi connectivity index (χ4v) is 3.73. The molecule has 1 unspecified atom stereocenters. The van der Waals surface area contributed by atoms with Crippen LogP contribution in [-0.2, 0) is 4.79 Å². The fraction of sp³-hybridized carbons (Fsp3) is 0.389. The molecule has 1 saturated heterocycles. The van der Waals surface area contributed by atoms with Crippen LogP contribution in [-0.4, -0.2) is 43.0 Å². The lowest BCUT2D eigenvalue weighted by molar-refractivity contribution is -0.123. The summed E-state index contributed by atoms with van der Waals surface area (Å²) in [7, 11) is 0. The summed E-state index contributed by atoms with van der Waals surface area (Å²) in [6.07, 6.45) is 0. The molecule has 0 saturated carbocycles.